The zero-order valence-electron chi connectivity index (χ0n) is 17.5. The Hall–Kier alpha value is -1.53. The number of carboxylic acid groups (broad SMARTS) is 1. The van der Waals surface area contributed by atoms with Crippen molar-refractivity contribution in [2.24, 2.45) is 23.7 Å². The Kier molecular flexibility index (Phi) is 9.50. The molecule has 0 aliphatic heterocycles. The highest BCUT2D eigenvalue weighted by Crippen LogP contribution is 2.37. The fourth-order valence-electron chi connectivity index (χ4n) is 4.93. The van der Waals surface area contributed by atoms with Crippen LogP contribution in [0.5, 0.6) is 0 Å². The quantitative estimate of drug-likeness (QED) is 0.337. The van der Waals surface area contributed by atoms with Crippen LogP contribution in [0.3, 0.4) is 0 Å². The molecule has 0 radical (unpaired) electrons. The first-order valence-corrected chi connectivity index (χ1v) is 11.1. The van der Waals surface area contributed by atoms with Crippen LogP contribution in [-0.4, -0.2) is 45.1 Å². The van der Waals surface area contributed by atoms with E-state index in [1.807, 2.05) is 0 Å². The molecule has 0 spiro atoms. The van der Waals surface area contributed by atoms with Crippen molar-refractivity contribution in [2.75, 3.05) is 0 Å². The third kappa shape index (κ3) is 7.34. The third-order valence-electron chi connectivity index (χ3n) is 6.57. The molecule has 0 heterocycles. The molecule has 2 unspecified atom stereocenters. The van der Waals surface area contributed by atoms with Crippen LogP contribution in [0.4, 0.5) is 0 Å². The molecule has 2 aliphatic rings. The molecule has 2 saturated carbocycles. The van der Waals surface area contributed by atoms with Crippen molar-refractivity contribution in [3.63, 3.8) is 0 Å². The van der Waals surface area contributed by atoms with Gasteiger partial charge in [0.25, 0.3) is 0 Å². The van der Waals surface area contributed by atoms with Gasteiger partial charge >= 0.3 is 5.97 Å². The number of unbranched alkanes of at least 4 members (excludes halogenated alkanes) is 1. The van der Waals surface area contributed by atoms with Crippen molar-refractivity contribution in [1.82, 2.24) is 0 Å². The van der Waals surface area contributed by atoms with Crippen LogP contribution in [0.25, 0.3) is 0 Å². The molecule has 0 bridgehead atoms. The molecule has 6 heteroatoms. The highest BCUT2D eigenvalue weighted by molar-refractivity contribution is 5.88. The summed E-state index contributed by atoms with van der Waals surface area (Å²) in [4.78, 5) is 35.1. The Bertz CT molecular complexity index is 598. The Morgan fingerprint density at radius 2 is 1.93 bits per heavy atom. The predicted molar refractivity (Wildman–Crippen MR) is 109 cm³/mol. The Morgan fingerprint density at radius 1 is 1.21 bits per heavy atom. The maximum Gasteiger partial charge on any atom is 0.303 e. The highest BCUT2D eigenvalue weighted by atomic mass is 16.4. The van der Waals surface area contributed by atoms with Gasteiger partial charge in [0.05, 0.1) is 12.2 Å². The second-order valence-corrected chi connectivity index (χ2v) is 8.87. The van der Waals surface area contributed by atoms with Crippen LogP contribution in [0.2, 0.25) is 0 Å². The lowest BCUT2D eigenvalue weighted by atomic mass is 9.87. The smallest absolute Gasteiger partial charge is 0.303 e. The first kappa shape index (κ1) is 23.7. The first-order valence-electron chi connectivity index (χ1n) is 11.1. The maximum absolute atomic E-state index is 12.3. The first-order chi connectivity index (χ1) is 13.8. The molecule has 29 heavy (non-hydrogen) atoms. The molecule has 2 aliphatic carbocycles. The summed E-state index contributed by atoms with van der Waals surface area (Å²) < 4.78 is 0. The molecule has 6 nitrogen and oxygen atoms in total. The molecule has 164 valence electrons. The second kappa shape index (κ2) is 11.6. The van der Waals surface area contributed by atoms with Crippen LogP contribution in [0.1, 0.15) is 77.6 Å². The van der Waals surface area contributed by atoms with Gasteiger partial charge in [-0.3, -0.25) is 14.4 Å². The number of Topliss-reactive ketones (excluding diaryl/α,β-unsaturated/α-hetero) is 2. The van der Waals surface area contributed by atoms with Crippen LogP contribution in [-0.2, 0) is 14.4 Å². The van der Waals surface area contributed by atoms with E-state index in [-0.39, 0.29) is 43.2 Å². The van der Waals surface area contributed by atoms with Gasteiger partial charge in [0.2, 0.25) is 0 Å². The average molecular weight is 409 g/mol. The van der Waals surface area contributed by atoms with Gasteiger partial charge in [-0.15, -0.1) is 0 Å². The summed E-state index contributed by atoms with van der Waals surface area (Å²) >= 11 is 0. The Balaban J connectivity index is 1.87. The number of allylic oxidation sites excluding steroid dienone is 1. The highest BCUT2D eigenvalue weighted by Gasteiger charge is 2.41. The fourth-order valence-corrected chi connectivity index (χ4v) is 4.93. The van der Waals surface area contributed by atoms with E-state index in [2.05, 4.69) is 6.92 Å². The molecule has 0 aromatic carbocycles. The number of aliphatic carboxylic acids is 1. The summed E-state index contributed by atoms with van der Waals surface area (Å²) in [6, 6.07) is 0. The lowest BCUT2D eigenvalue weighted by Crippen LogP contribution is -2.23. The van der Waals surface area contributed by atoms with Crippen molar-refractivity contribution in [3.05, 3.63) is 12.2 Å². The second-order valence-electron chi connectivity index (χ2n) is 8.87. The van der Waals surface area contributed by atoms with Gasteiger partial charge in [0, 0.05) is 37.5 Å². The molecule has 0 saturated heterocycles. The molecule has 3 N–H and O–H groups in total. The molecule has 2 rings (SSSR count). The number of aliphatic hydroxyl groups excluding tert-OH is 2. The molecule has 0 amide bonds. The zero-order valence-corrected chi connectivity index (χ0v) is 17.5. The van der Waals surface area contributed by atoms with E-state index in [1.54, 1.807) is 12.2 Å². The van der Waals surface area contributed by atoms with Crippen LogP contribution in [0.15, 0.2) is 12.2 Å². The van der Waals surface area contributed by atoms with Crippen LogP contribution in [0, 0.1) is 23.7 Å². The number of ketones is 2. The van der Waals surface area contributed by atoms with Crippen LogP contribution >= 0.6 is 0 Å². The predicted octanol–water partition coefficient (Wildman–Crippen LogP) is 3.29. The normalized spacial score (nSPS) is 30.9. The van der Waals surface area contributed by atoms with Gasteiger partial charge in [0.1, 0.15) is 11.6 Å². The number of carbonyl (C=O) groups is 3. The Morgan fingerprint density at radius 3 is 2.62 bits per heavy atom. The lowest BCUT2D eigenvalue weighted by Gasteiger charge is -2.19. The topological polar surface area (TPSA) is 112 Å². The molecule has 6 atom stereocenters. The van der Waals surface area contributed by atoms with E-state index in [0.717, 1.165) is 25.7 Å². The molecule has 0 aromatic rings. The molecular formula is C23H36O6. The van der Waals surface area contributed by atoms with Gasteiger partial charge in [-0.2, -0.15) is 0 Å². The largest absolute Gasteiger partial charge is 0.481 e. The lowest BCUT2D eigenvalue weighted by molar-refractivity contribution is -0.137. The molecule has 2 fully saturated rings. The van der Waals surface area contributed by atoms with E-state index in [1.165, 1.54) is 6.42 Å². The Labute approximate surface area is 173 Å². The summed E-state index contributed by atoms with van der Waals surface area (Å²) in [6.45, 7) is 2.17. The number of carboxylic acids is 1. The number of hydrogen-bond donors (Lipinski definition) is 3. The molecule has 0 aromatic heterocycles. The van der Waals surface area contributed by atoms with E-state index in [9.17, 15) is 24.6 Å². The molecular weight excluding hydrogens is 372 g/mol. The van der Waals surface area contributed by atoms with Gasteiger partial charge in [-0.05, 0) is 37.5 Å². The van der Waals surface area contributed by atoms with Crippen molar-refractivity contribution in [1.29, 1.82) is 0 Å². The van der Waals surface area contributed by atoms with Crippen molar-refractivity contribution < 1.29 is 29.7 Å². The van der Waals surface area contributed by atoms with Crippen molar-refractivity contribution in [2.45, 2.75) is 89.8 Å². The standard InChI is InChI=1S/C23H36O6/c1-2-5-15-8-9-16(12-15)20(25)11-10-18-19(22(27)14-21(18)26)13-17(24)6-3-4-7-23(28)29/h10-11,15-16,18-20,22,25,27H,2-9,12-14H2,1H3,(H,28,29)/b11-10+/t15?,16?,18-,19-,20-,22+/m1/s1. The summed E-state index contributed by atoms with van der Waals surface area (Å²) in [5.41, 5.74) is 0. The maximum atomic E-state index is 12.3. The average Bonchev–Trinajstić information content (AvgIpc) is 3.22. The number of rotatable bonds is 12. The van der Waals surface area contributed by atoms with E-state index >= 15 is 0 Å². The monoisotopic (exact) mass is 408 g/mol. The van der Waals surface area contributed by atoms with Gasteiger partial charge in [-0.25, -0.2) is 0 Å². The van der Waals surface area contributed by atoms with E-state index < -0.39 is 30.0 Å². The summed E-state index contributed by atoms with van der Waals surface area (Å²) in [6.07, 6.45) is 8.91. The van der Waals surface area contributed by atoms with Gasteiger partial charge < -0.3 is 15.3 Å². The third-order valence-corrected chi connectivity index (χ3v) is 6.57. The summed E-state index contributed by atoms with van der Waals surface area (Å²) in [5.74, 6) is -1.09. The minimum Gasteiger partial charge on any atom is -0.481 e. The van der Waals surface area contributed by atoms with E-state index in [0.29, 0.717) is 18.8 Å². The number of carbonyl (C=O) groups excluding carboxylic acids is 2. The van der Waals surface area contributed by atoms with Crippen molar-refractivity contribution in [3.8, 4) is 0 Å². The zero-order chi connectivity index (χ0) is 21.4. The van der Waals surface area contributed by atoms with Crippen LogP contribution < -0.4 is 0 Å². The van der Waals surface area contributed by atoms with Gasteiger partial charge in [-0.1, -0.05) is 38.3 Å². The van der Waals surface area contributed by atoms with Crippen molar-refractivity contribution >= 4 is 17.5 Å². The summed E-state index contributed by atoms with van der Waals surface area (Å²) in [5, 5.41) is 29.4. The fraction of sp³-hybridized carbons (Fsp3) is 0.783. The number of hydrogen-bond acceptors (Lipinski definition) is 5. The SMILES string of the molecule is CCCC1CCC([C@H](O)/C=C/[C@H]2C(=O)C[C@H](O)[C@@H]2CC(=O)CCCCC(=O)O)C1. The van der Waals surface area contributed by atoms with E-state index in [4.69, 9.17) is 5.11 Å². The summed E-state index contributed by atoms with van der Waals surface area (Å²) in [7, 11) is 0. The minimum absolute atomic E-state index is 0.0430. The van der Waals surface area contributed by atoms with Gasteiger partial charge in [0.15, 0.2) is 0 Å². The number of aliphatic hydroxyl groups is 2. The minimum atomic E-state index is -0.874.